The SMILES string of the molecule is CC(C)(C)[Si](C)(C)O[C@@H]1CN(C(=O)c2ccc(Cl)cc2)C[C@H]1N(CCN)C(=O)CCl.Cl.Cl.NCCN(C(=O)CCl)[C@@H]1CN(C(=O)c2ccc(Cl)cc2)C[C@H]1O. The smallest absolute Gasteiger partial charge is 0.254 e. The fraction of sp³-hybridized carbons (Fsp3) is 0.556. The molecule has 4 atom stereocenters. The van der Waals surface area contributed by atoms with Crippen LogP contribution in [0.15, 0.2) is 48.5 Å². The van der Waals surface area contributed by atoms with Crippen LogP contribution in [0.25, 0.3) is 0 Å². The van der Waals surface area contributed by atoms with Crippen molar-refractivity contribution in [2.24, 2.45) is 11.5 Å². The van der Waals surface area contributed by atoms with Gasteiger partial charge in [-0.3, -0.25) is 19.2 Å². The molecule has 0 radical (unpaired) electrons. The molecule has 0 bridgehead atoms. The summed E-state index contributed by atoms with van der Waals surface area (Å²) in [5, 5.41) is 11.4. The molecule has 2 saturated heterocycles. The third-order valence-electron chi connectivity index (χ3n) is 9.91. The fourth-order valence-corrected chi connectivity index (χ4v) is 7.97. The first-order valence-corrected chi connectivity index (χ1v) is 22.2. The van der Waals surface area contributed by atoms with Gasteiger partial charge in [0.25, 0.3) is 11.8 Å². The molecule has 4 amide bonds. The highest BCUT2D eigenvalue weighted by atomic mass is 35.5. The number of nitrogens with zero attached hydrogens (tertiary/aromatic N) is 4. The average molecular weight is 908 g/mol. The molecule has 19 heteroatoms. The second kappa shape index (κ2) is 22.9. The third kappa shape index (κ3) is 13.6. The van der Waals surface area contributed by atoms with Gasteiger partial charge in [-0.1, -0.05) is 44.0 Å². The molecule has 2 aromatic rings. The number of likely N-dealkylation sites (tertiary alicyclic amines) is 2. The normalized spacial score (nSPS) is 19.4. The van der Waals surface area contributed by atoms with E-state index in [1.807, 2.05) is 0 Å². The number of amides is 4. The first kappa shape index (κ1) is 51.1. The van der Waals surface area contributed by atoms with Gasteiger partial charge in [-0.25, -0.2) is 0 Å². The molecule has 310 valence electrons. The lowest BCUT2D eigenvalue weighted by molar-refractivity contribution is -0.132. The Hall–Kier alpha value is -1.88. The van der Waals surface area contributed by atoms with E-state index < -0.39 is 20.5 Å². The van der Waals surface area contributed by atoms with Crippen LogP contribution in [0.2, 0.25) is 28.2 Å². The van der Waals surface area contributed by atoms with Crippen LogP contribution in [-0.2, 0) is 14.0 Å². The maximum absolute atomic E-state index is 13.1. The molecule has 0 spiro atoms. The lowest BCUT2D eigenvalue weighted by atomic mass is 10.2. The quantitative estimate of drug-likeness (QED) is 0.199. The highest BCUT2D eigenvalue weighted by Crippen LogP contribution is 2.39. The Balaban J connectivity index is 0.000000547. The molecule has 0 aromatic heterocycles. The summed E-state index contributed by atoms with van der Waals surface area (Å²) in [6, 6.07) is 12.6. The first-order chi connectivity index (χ1) is 24.9. The maximum Gasteiger partial charge on any atom is 0.254 e. The fourth-order valence-electron chi connectivity index (χ4n) is 6.07. The minimum absolute atomic E-state index is 0. The number of halogens is 6. The van der Waals surface area contributed by atoms with Gasteiger partial charge in [-0.15, -0.1) is 48.0 Å². The van der Waals surface area contributed by atoms with E-state index in [-0.39, 0.29) is 104 Å². The highest BCUT2D eigenvalue weighted by molar-refractivity contribution is 6.74. The van der Waals surface area contributed by atoms with Crippen molar-refractivity contribution in [1.82, 2.24) is 19.6 Å². The van der Waals surface area contributed by atoms with Gasteiger partial charge in [-0.05, 0) is 66.7 Å². The number of hydrogen-bond acceptors (Lipinski definition) is 8. The van der Waals surface area contributed by atoms with Gasteiger partial charge in [0.1, 0.15) is 11.8 Å². The number of benzene rings is 2. The lowest BCUT2D eigenvalue weighted by Gasteiger charge is -2.41. The van der Waals surface area contributed by atoms with Crippen LogP contribution in [0.4, 0.5) is 0 Å². The van der Waals surface area contributed by atoms with E-state index in [9.17, 15) is 24.3 Å². The second-order valence-corrected chi connectivity index (χ2v) is 20.7. The van der Waals surface area contributed by atoms with Crippen LogP contribution in [0.3, 0.4) is 0 Å². The number of aliphatic hydroxyl groups is 1. The predicted molar refractivity (Wildman–Crippen MR) is 228 cm³/mol. The Bertz CT molecular complexity index is 1560. The van der Waals surface area contributed by atoms with Crippen LogP contribution in [0.1, 0.15) is 41.5 Å². The third-order valence-corrected chi connectivity index (χ3v) is 15.4. The van der Waals surface area contributed by atoms with Gasteiger partial charge in [0.2, 0.25) is 11.8 Å². The van der Waals surface area contributed by atoms with Crippen molar-refractivity contribution in [2.45, 2.75) is 63.2 Å². The number of alkyl halides is 2. The number of carbonyl (C=O) groups excluding carboxylic acids is 4. The number of nitrogens with two attached hydrogens (primary N) is 2. The van der Waals surface area contributed by atoms with E-state index in [1.165, 1.54) is 9.80 Å². The van der Waals surface area contributed by atoms with Gasteiger partial charge in [0.05, 0.1) is 24.3 Å². The van der Waals surface area contributed by atoms with E-state index in [1.54, 1.807) is 58.3 Å². The molecule has 55 heavy (non-hydrogen) atoms. The monoisotopic (exact) mass is 904 g/mol. The van der Waals surface area contributed by atoms with Crippen molar-refractivity contribution in [3.8, 4) is 0 Å². The van der Waals surface area contributed by atoms with Crippen LogP contribution in [0.5, 0.6) is 0 Å². The summed E-state index contributed by atoms with van der Waals surface area (Å²) in [6.45, 7) is 13.3. The molecule has 2 aliphatic heterocycles. The molecule has 2 aromatic carbocycles. The Kier molecular flexibility index (Phi) is 21.3. The lowest BCUT2D eigenvalue weighted by Crippen LogP contribution is -2.54. The molecule has 2 heterocycles. The molecular weight excluding hydrogens is 853 g/mol. The molecular formula is C36H54Cl6N6O6Si. The number of carbonyl (C=O) groups is 4. The molecule has 4 rings (SSSR count). The minimum Gasteiger partial charge on any atom is -0.410 e. The van der Waals surface area contributed by atoms with E-state index in [4.69, 9.17) is 62.3 Å². The summed E-state index contributed by atoms with van der Waals surface area (Å²) in [5.74, 6) is -1.14. The van der Waals surface area contributed by atoms with Crippen LogP contribution in [-0.4, -0.2) is 145 Å². The average Bonchev–Trinajstić information content (AvgIpc) is 3.71. The number of hydrogen-bond donors (Lipinski definition) is 3. The van der Waals surface area contributed by atoms with Crippen molar-refractivity contribution in [2.75, 3.05) is 64.1 Å². The Morgan fingerprint density at radius 1 is 0.745 bits per heavy atom. The zero-order valence-electron chi connectivity index (χ0n) is 31.8. The predicted octanol–water partition coefficient (Wildman–Crippen LogP) is 4.98. The number of aliphatic hydroxyl groups excluding tert-OH is 1. The summed E-state index contributed by atoms with van der Waals surface area (Å²) >= 11 is 23.3. The molecule has 2 fully saturated rings. The molecule has 0 aliphatic carbocycles. The van der Waals surface area contributed by atoms with E-state index in [0.29, 0.717) is 47.4 Å². The van der Waals surface area contributed by atoms with Gasteiger partial charge in [0, 0.05) is 73.5 Å². The Labute approximate surface area is 358 Å². The Morgan fingerprint density at radius 2 is 1.13 bits per heavy atom. The van der Waals surface area contributed by atoms with Gasteiger partial charge in [-0.2, -0.15) is 0 Å². The standard InChI is InChI=1S/C21H33Cl2N3O3Si.C15H19Cl2N3O3.2ClH/c1-21(2,3)30(4,5)29-18-14-25(20(28)15-6-8-16(23)9-7-15)13-17(18)26(11-10-24)19(27)12-22;16-7-14(22)20(6-5-18)12-8-19(9-13(12)21)15(23)10-1-3-11(17)4-2-10;;/h6-9,17-18H,10-14,24H2,1-5H3;1-4,12-13,21H,5-9,18H2;2*1H/t17-,18-;12-,13-;;/m11../s1. The maximum atomic E-state index is 13.1. The summed E-state index contributed by atoms with van der Waals surface area (Å²) in [6.07, 6.45) is -1.12. The second-order valence-electron chi connectivity index (χ2n) is 14.6. The zero-order chi connectivity index (χ0) is 39.7. The van der Waals surface area contributed by atoms with Crippen molar-refractivity contribution >= 4 is 103 Å². The minimum atomic E-state index is -2.13. The van der Waals surface area contributed by atoms with Gasteiger partial charge < -0.3 is 40.6 Å². The molecule has 0 unspecified atom stereocenters. The molecule has 12 nitrogen and oxygen atoms in total. The van der Waals surface area contributed by atoms with E-state index in [2.05, 4.69) is 33.9 Å². The van der Waals surface area contributed by atoms with Crippen molar-refractivity contribution in [3.63, 3.8) is 0 Å². The largest absolute Gasteiger partial charge is 0.410 e. The zero-order valence-corrected chi connectivity index (χ0v) is 37.4. The van der Waals surface area contributed by atoms with Gasteiger partial charge >= 0.3 is 0 Å². The first-order valence-electron chi connectivity index (χ1n) is 17.5. The van der Waals surface area contributed by atoms with Crippen LogP contribution < -0.4 is 11.5 Å². The Morgan fingerprint density at radius 3 is 1.51 bits per heavy atom. The summed E-state index contributed by atoms with van der Waals surface area (Å²) in [4.78, 5) is 56.5. The number of rotatable bonds is 12. The van der Waals surface area contributed by atoms with E-state index >= 15 is 0 Å². The van der Waals surface area contributed by atoms with Crippen molar-refractivity contribution in [1.29, 1.82) is 0 Å². The van der Waals surface area contributed by atoms with Crippen molar-refractivity contribution in [3.05, 3.63) is 69.7 Å². The summed E-state index contributed by atoms with van der Waals surface area (Å²) in [5.41, 5.74) is 12.3. The van der Waals surface area contributed by atoms with Crippen LogP contribution >= 0.6 is 71.2 Å². The summed E-state index contributed by atoms with van der Waals surface area (Å²) in [7, 11) is -2.13. The highest BCUT2D eigenvalue weighted by Gasteiger charge is 2.47. The molecule has 2 aliphatic rings. The van der Waals surface area contributed by atoms with Crippen LogP contribution in [0, 0.1) is 0 Å². The number of β-amino-alcohol motifs (C(OH)–C–C–N with tert-alkyl or cyclic N) is 1. The van der Waals surface area contributed by atoms with Crippen molar-refractivity contribution < 1.29 is 28.7 Å². The van der Waals surface area contributed by atoms with Gasteiger partial charge in [0.15, 0.2) is 8.32 Å². The molecule has 5 N–H and O–H groups in total. The molecule has 0 saturated carbocycles. The topological polar surface area (TPSA) is 163 Å². The van der Waals surface area contributed by atoms with E-state index in [0.717, 1.165) is 0 Å². The summed E-state index contributed by atoms with van der Waals surface area (Å²) < 4.78 is 6.68.